The highest BCUT2D eigenvalue weighted by atomic mass is 19.1. The van der Waals surface area contributed by atoms with Crippen molar-refractivity contribution < 1.29 is 14.0 Å². The SMILES string of the molecule is CCCC(=O)N(Cc1ccc(F)cc1)C(C(=O)NCC)c1ccccc1. The summed E-state index contributed by atoms with van der Waals surface area (Å²) in [6.45, 7) is 4.50. The zero-order chi connectivity index (χ0) is 18.9. The third-order valence-electron chi connectivity index (χ3n) is 4.08. The molecule has 1 atom stereocenters. The molecule has 0 spiro atoms. The summed E-state index contributed by atoms with van der Waals surface area (Å²) in [4.78, 5) is 27.2. The minimum atomic E-state index is -0.722. The molecule has 26 heavy (non-hydrogen) atoms. The van der Waals surface area contributed by atoms with Crippen LogP contribution < -0.4 is 5.32 Å². The van der Waals surface area contributed by atoms with E-state index in [1.54, 1.807) is 17.0 Å². The molecule has 0 aromatic heterocycles. The number of hydrogen-bond acceptors (Lipinski definition) is 2. The van der Waals surface area contributed by atoms with Crippen molar-refractivity contribution in [2.45, 2.75) is 39.3 Å². The second kappa shape index (κ2) is 9.70. The Labute approximate surface area is 154 Å². The molecule has 2 rings (SSSR count). The molecule has 0 fully saturated rings. The molecule has 5 heteroatoms. The van der Waals surface area contributed by atoms with Gasteiger partial charge in [0, 0.05) is 19.5 Å². The number of carbonyl (C=O) groups excluding carboxylic acids is 2. The fraction of sp³-hybridized carbons (Fsp3) is 0.333. The van der Waals surface area contributed by atoms with Crippen LogP contribution >= 0.6 is 0 Å². The number of hydrogen-bond donors (Lipinski definition) is 1. The molecule has 2 aromatic carbocycles. The van der Waals surface area contributed by atoms with Crippen LogP contribution in [0.4, 0.5) is 4.39 Å². The maximum absolute atomic E-state index is 13.2. The van der Waals surface area contributed by atoms with Gasteiger partial charge in [0.15, 0.2) is 0 Å². The van der Waals surface area contributed by atoms with E-state index in [0.717, 1.165) is 11.1 Å². The van der Waals surface area contributed by atoms with Gasteiger partial charge in [-0.25, -0.2) is 4.39 Å². The van der Waals surface area contributed by atoms with E-state index in [2.05, 4.69) is 5.32 Å². The van der Waals surface area contributed by atoms with Gasteiger partial charge in [0.25, 0.3) is 0 Å². The van der Waals surface area contributed by atoms with Gasteiger partial charge in [-0.05, 0) is 36.6 Å². The Balaban J connectivity index is 2.41. The average Bonchev–Trinajstić information content (AvgIpc) is 2.64. The van der Waals surface area contributed by atoms with E-state index in [0.29, 0.717) is 19.4 Å². The first-order valence-corrected chi connectivity index (χ1v) is 8.93. The van der Waals surface area contributed by atoms with Crippen LogP contribution in [0.3, 0.4) is 0 Å². The Bertz CT molecular complexity index is 717. The lowest BCUT2D eigenvalue weighted by Crippen LogP contribution is -2.43. The van der Waals surface area contributed by atoms with Crippen LogP contribution in [0, 0.1) is 5.82 Å². The molecule has 0 saturated heterocycles. The molecule has 2 aromatic rings. The lowest BCUT2D eigenvalue weighted by Gasteiger charge is -2.31. The van der Waals surface area contributed by atoms with Gasteiger partial charge in [-0.15, -0.1) is 0 Å². The summed E-state index contributed by atoms with van der Waals surface area (Å²) in [5, 5.41) is 2.82. The maximum Gasteiger partial charge on any atom is 0.247 e. The first kappa shape index (κ1) is 19.6. The maximum atomic E-state index is 13.2. The summed E-state index contributed by atoms with van der Waals surface area (Å²) in [6, 6.07) is 14.5. The van der Waals surface area contributed by atoms with Crippen LogP contribution in [-0.4, -0.2) is 23.3 Å². The number of rotatable bonds is 8. The Morgan fingerprint density at radius 1 is 1.04 bits per heavy atom. The van der Waals surface area contributed by atoms with Gasteiger partial charge in [0.2, 0.25) is 11.8 Å². The number of amides is 2. The van der Waals surface area contributed by atoms with E-state index >= 15 is 0 Å². The molecule has 0 aliphatic heterocycles. The highest BCUT2D eigenvalue weighted by molar-refractivity contribution is 5.88. The van der Waals surface area contributed by atoms with E-state index in [4.69, 9.17) is 0 Å². The molecular formula is C21H25FN2O2. The first-order chi connectivity index (χ1) is 12.6. The summed E-state index contributed by atoms with van der Waals surface area (Å²) in [5.74, 6) is -0.647. The average molecular weight is 356 g/mol. The van der Waals surface area contributed by atoms with Gasteiger partial charge in [0.05, 0.1) is 0 Å². The molecule has 2 amide bonds. The summed E-state index contributed by atoms with van der Waals surface area (Å²) >= 11 is 0. The molecule has 0 saturated carbocycles. The highest BCUT2D eigenvalue weighted by Gasteiger charge is 2.30. The number of nitrogens with zero attached hydrogens (tertiary/aromatic N) is 1. The van der Waals surface area contributed by atoms with Gasteiger partial charge in [-0.1, -0.05) is 49.4 Å². The summed E-state index contributed by atoms with van der Waals surface area (Å²) in [6.07, 6.45) is 1.04. The van der Waals surface area contributed by atoms with Crippen molar-refractivity contribution in [3.05, 3.63) is 71.5 Å². The third kappa shape index (κ3) is 5.15. The zero-order valence-corrected chi connectivity index (χ0v) is 15.2. The van der Waals surface area contributed by atoms with Crippen molar-refractivity contribution in [2.24, 2.45) is 0 Å². The number of carbonyl (C=O) groups is 2. The quantitative estimate of drug-likeness (QED) is 0.781. The second-order valence-electron chi connectivity index (χ2n) is 6.11. The predicted molar refractivity (Wildman–Crippen MR) is 99.7 cm³/mol. The van der Waals surface area contributed by atoms with Crippen LogP contribution in [0.25, 0.3) is 0 Å². The van der Waals surface area contributed by atoms with Crippen molar-refractivity contribution in [1.29, 1.82) is 0 Å². The monoisotopic (exact) mass is 356 g/mol. The first-order valence-electron chi connectivity index (χ1n) is 8.93. The van der Waals surface area contributed by atoms with Crippen molar-refractivity contribution in [3.63, 3.8) is 0 Å². The van der Waals surface area contributed by atoms with Gasteiger partial charge in [-0.2, -0.15) is 0 Å². The number of benzene rings is 2. The van der Waals surface area contributed by atoms with Crippen LogP contribution in [0.5, 0.6) is 0 Å². The molecule has 0 heterocycles. The summed E-state index contributed by atoms with van der Waals surface area (Å²) in [5.41, 5.74) is 1.53. The Hall–Kier alpha value is -2.69. The lowest BCUT2D eigenvalue weighted by atomic mass is 10.0. The van der Waals surface area contributed by atoms with Crippen molar-refractivity contribution in [1.82, 2.24) is 10.2 Å². The van der Waals surface area contributed by atoms with Crippen LogP contribution in [0.2, 0.25) is 0 Å². The Morgan fingerprint density at radius 2 is 1.69 bits per heavy atom. The van der Waals surface area contributed by atoms with Crippen LogP contribution in [0.1, 0.15) is 43.9 Å². The fourth-order valence-electron chi connectivity index (χ4n) is 2.85. The van der Waals surface area contributed by atoms with Gasteiger partial charge < -0.3 is 10.2 Å². The largest absolute Gasteiger partial charge is 0.354 e. The van der Waals surface area contributed by atoms with Crippen molar-refractivity contribution in [2.75, 3.05) is 6.54 Å². The minimum Gasteiger partial charge on any atom is -0.354 e. The molecule has 0 radical (unpaired) electrons. The van der Waals surface area contributed by atoms with Crippen molar-refractivity contribution >= 4 is 11.8 Å². The molecule has 1 unspecified atom stereocenters. The van der Waals surface area contributed by atoms with Gasteiger partial charge in [-0.3, -0.25) is 9.59 Å². The molecule has 0 aliphatic carbocycles. The van der Waals surface area contributed by atoms with Crippen LogP contribution in [-0.2, 0) is 16.1 Å². The topological polar surface area (TPSA) is 49.4 Å². The molecule has 0 aliphatic rings. The zero-order valence-electron chi connectivity index (χ0n) is 15.2. The van der Waals surface area contributed by atoms with E-state index in [-0.39, 0.29) is 24.2 Å². The van der Waals surface area contributed by atoms with Crippen LogP contribution in [0.15, 0.2) is 54.6 Å². The Kier molecular flexibility index (Phi) is 7.33. The normalized spacial score (nSPS) is 11.7. The predicted octanol–water partition coefficient (Wildman–Crippen LogP) is 3.83. The molecule has 138 valence electrons. The van der Waals surface area contributed by atoms with Gasteiger partial charge in [0.1, 0.15) is 11.9 Å². The van der Waals surface area contributed by atoms with Gasteiger partial charge >= 0.3 is 0 Å². The third-order valence-corrected chi connectivity index (χ3v) is 4.08. The molecule has 4 nitrogen and oxygen atoms in total. The summed E-state index contributed by atoms with van der Waals surface area (Å²) < 4.78 is 13.2. The Morgan fingerprint density at radius 3 is 2.27 bits per heavy atom. The molecule has 1 N–H and O–H groups in total. The fourth-order valence-corrected chi connectivity index (χ4v) is 2.85. The van der Waals surface area contributed by atoms with E-state index in [1.807, 2.05) is 44.2 Å². The number of likely N-dealkylation sites (N-methyl/N-ethyl adjacent to an activating group) is 1. The number of halogens is 1. The minimum absolute atomic E-state index is 0.100. The number of nitrogens with one attached hydrogen (secondary N) is 1. The smallest absolute Gasteiger partial charge is 0.247 e. The standard InChI is InChI=1S/C21H25FN2O2/c1-3-8-19(25)24(15-16-11-13-18(22)14-12-16)20(21(26)23-4-2)17-9-6-5-7-10-17/h5-7,9-14,20H,3-4,8,15H2,1-2H3,(H,23,26). The molecule has 0 bridgehead atoms. The second-order valence-corrected chi connectivity index (χ2v) is 6.11. The van der Waals surface area contributed by atoms with Crippen molar-refractivity contribution in [3.8, 4) is 0 Å². The van der Waals surface area contributed by atoms with E-state index in [9.17, 15) is 14.0 Å². The lowest BCUT2D eigenvalue weighted by molar-refractivity contribution is -0.141. The van der Waals surface area contributed by atoms with E-state index < -0.39 is 6.04 Å². The van der Waals surface area contributed by atoms with E-state index in [1.165, 1.54) is 12.1 Å². The summed E-state index contributed by atoms with van der Waals surface area (Å²) in [7, 11) is 0. The molecular weight excluding hydrogens is 331 g/mol. The highest BCUT2D eigenvalue weighted by Crippen LogP contribution is 2.25.